The maximum absolute atomic E-state index is 12.8. The summed E-state index contributed by atoms with van der Waals surface area (Å²) in [6, 6.07) is 0. The highest BCUT2D eigenvalue weighted by Crippen LogP contribution is 2.50. The van der Waals surface area contributed by atoms with Gasteiger partial charge in [-0.25, -0.2) is 4.98 Å². The lowest BCUT2D eigenvalue weighted by Gasteiger charge is -2.24. The molecule has 1 saturated carbocycles. The molecule has 2 aromatic rings. The van der Waals surface area contributed by atoms with E-state index < -0.39 is 0 Å². The van der Waals surface area contributed by atoms with Gasteiger partial charge in [0.2, 0.25) is 5.89 Å². The Kier molecular flexibility index (Phi) is 3.47. The number of likely N-dealkylation sites (tertiary alicyclic amines) is 1. The molecule has 2 fully saturated rings. The van der Waals surface area contributed by atoms with Crippen LogP contribution in [0.5, 0.6) is 0 Å². The van der Waals surface area contributed by atoms with Gasteiger partial charge in [0.15, 0.2) is 17.9 Å². The fourth-order valence-electron chi connectivity index (χ4n) is 4.13. The number of hydrogen-bond acceptors (Lipinski definition) is 6. The summed E-state index contributed by atoms with van der Waals surface area (Å²) >= 11 is 0. The quantitative estimate of drug-likeness (QED) is 0.860. The second-order valence-electron chi connectivity index (χ2n) is 7.30. The molecule has 4 rings (SSSR count). The maximum Gasteiger partial charge on any atom is 0.276 e. The van der Waals surface area contributed by atoms with Gasteiger partial charge in [0.25, 0.3) is 5.91 Å². The number of aromatic nitrogens is 3. The molecule has 7 heteroatoms. The van der Waals surface area contributed by atoms with Crippen LogP contribution in [0.15, 0.2) is 15.3 Å². The molecule has 1 aliphatic carbocycles. The van der Waals surface area contributed by atoms with E-state index in [1.54, 1.807) is 6.92 Å². The van der Waals surface area contributed by atoms with Crippen molar-refractivity contribution in [2.45, 2.75) is 51.4 Å². The van der Waals surface area contributed by atoms with Crippen LogP contribution in [0, 0.1) is 12.8 Å². The zero-order valence-corrected chi connectivity index (χ0v) is 14.3. The molecule has 2 aliphatic rings. The van der Waals surface area contributed by atoms with Gasteiger partial charge in [-0.15, -0.1) is 0 Å². The Morgan fingerprint density at radius 3 is 2.96 bits per heavy atom. The van der Waals surface area contributed by atoms with Gasteiger partial charge in [0, 0.05) is 19.0 Å². The van der Waals surface area contributed by atoms with Crippen molar-refractivity contribution in [3.05, 3.63) is 29.6 Å². The van der Waals surface area contributed by atoms with E-state index in [-0.39, 0.29) is 17.2 Å². The first-order valence-corrected chi connectivity index (χ1v) is 8.54. The minimum Gasteiger partial charge on any atom is -0.448 e. The summed E-state index contributed by atoms with van der Waals surface area (Å²) in [6.45, 7) is 7.19. The number of rotatable bonds is 3. The lowest BCUT2D eigenvalue weighted by molar-refractivity contribution is 0.0768. The van der Waals surface area contributed by atoms with Crippen LogP contribution in [0.25, 0.3) is 0 Å². The Balaban J connectivity index is 1.63. The number of fused-ring (bicyclic) bond motifs is 1. The number of aryl methyl sites for hydroxylation is 1. The number of amides is 1. The van der Waals surface area contributed by atoms with E-state index in [0.29, 0.717) is 36.4 Å². The molecule has 1 aliphatic heterocycles. The van der Waals surface area contributed by atoms with Crippen LogP contribution in [0.1, 0.15) is 67.0 Å². The lowest BCUT2D eigenvalue weighted by Crippen LogP contribution is -2.35. The molecule has 2 aromatic heterocycles. The summed E-state index contributed by atoms with van der Waals surface area (Å²) in [7, 11) is 0. The summed E-state index contributed by atoms with van der Waals surface area (Å²) in [5.74, 6) is 2.53. The van der Waals surface area contributed by atoms with Gasteiger partial charge in [0.05, 0.1) is 5.41 Å². The molecule has 1 amide bonds. The normalized spacial score (nSPS) is 26.3. The predicted molar refractivity (Wildman–Crippen MR) is 84.5 cm³/mol. The van der Waals surface area contributed by atoms with Crippen LogP contribution < -0.4 is 0 Å². The Morgan fingerprint density at radius 1 is 1.46 bits per heavy atom. The van der Waals surface area contributed by atoms with Gasteiger partial charge in [-0.3, -0.25) is 4.79 Å². The highest BCUT2D eigenvalue weighted by molar-refractivity contribution is 5.93. The van der Waals surface area contributed by atoms with Crippen LogP contribution in [-0.2, 0) is 5.41 Å². The van der Waals surface area contributed by atoms with Gasteiger partial charge in [-0.05, 0) is 25.7 Å². The number of hydrogen-bond donors (Lipinski definition) is 0. The Labute approximate surface area is 140 Å². The second kappa shape index (κ2) is 5.43. The Hall–Kier alpha value is -2.18. The first-order valence-electron chi connectivity index (χ1n) is 8.54. The minimum absolute atomic E-state index is 0.0707. The van der Waals surface area contributed by atoms with E-state index in [4.69, 9.17) is 8.94 Å². The average molecular weight is 330 g/mol. The standard InChI is InChI=1S/C17H22N4O3/c1-10(2)14-19-16(24-20-14)17-6-4-5-12(17)7-21(8-17)15(22)13-11(3)23-9-18-13/h9-10,12H,4-8H2,1-3H3/t12-,17-/m1/s1. The summed E-state index contributed by atoms with van der Waals surface area (Å²) in [4.78, 5) is 23.4. The predicted octanol–water partition coefficient (Wildman–Crippen LogP) is 2.68. The smallest absolute Gasteiger partial charge is 0.276 e. The fraction of sp³-hybridized carbons (Fsp3) is 0.647. The summed E-state index contributed by atoms with van der Waals surface area (Å²) < 4.78 is 10.8. The van der Waals surface area contributed by atoms with Crippen molar-refractivity contribution in [2.75, 3.05) is 13.1 Å². The van der Waals surface area contributed by atoms with Gasteiger partial charge >= 0.3 is 0 Å². The third-order valence-corrected chi connectivity index (χ3v) is 5.49. The Bertz CT molecular complexity index is 765. The molecule has 0 radical (unpaired) electrons. The molecule has 0 spiro atoms. The van der Waals surface area contributed by atoms with Gasteiger partial charge in [-0.1, -0.05) is 25.4 Å². The van der Waals surface area contributed by atoms with Crippen LogP contribution in [0.4, 0.5) is 0 Å². The molecule has 128 valence electrons. The van der Waals surface area contributed by atoms with Crippen molar-refractivity contribution in [3.63, 3.8) is 0 Å². The fourth-order valence-corrected chi connectivity index (χ4v) is 4.13. The maximum atomic E-state index is 12.8. The summed E-state index contributed by atoms with van der Waals surface area (Å²) in [6.07, 6.45) is 4.52. The number of carbonyl (C=O) groups is 1. The second-order valence-corrected chi connectivity index (χ2v) is 7.30. The van der Waals surface area contributed by atoms with E-state index in [0.717, 1.165) is 25.1 Å². The third-order valence-electron chi connectivity index (χ3n) is 5.49. The van der Waals surface area contributed by atoms with E-state index in [1.165, 1.54) is 6.39 Å². The SMILES string of the molecule is Cc1ocnc1C(=O)N1C[C@H]2CCC[C@@]2(c2nc(C(C)C)no2)C1. The van der Waals surface area contributed by atoms with Gasteiger partial charge in [-0.2, -0.15) is 4.98 Å². The van der Waals surface area contributed by atoms with E-state index >= 15 is 0 Å². The molecule has 0 aromatic carbocycles. The van der Waals surface area contributed by atoms with Crippen molar-refractivity contribution < 1.29 is 13.7 Å². The van der Waals surface area contributed by atoms with Crippen molar-refractivity contribution in [1.82, 2.24) is 20.0 Å². The topological polar surface area (TPSA) is 85.3 Å². The van der Waals surface area contributed by atoms with Crippen molar-refractivity contribution in [1.29, 1.82) is 0 Å². The van der Waals surface area contributed by atoms with Crippen LogP contribution in [0.2, 0.25) is 0 Å². The largest absolute Gasteiger partial charge is 0.448 e. The van der Waals surface area contributed by atoms with Crippen molar-refractivity contribution in [3.8, 4) is 0 Å². The molecule has 7 nitrogen and oxygen atoms in total. The average Bonchev–Trinajstić information content (AvgIpc) is 3.28. The summed E-state index contributed by atoms with van der Waals surface area (Å²) in [5, 5.41) is 4.13. The summed E-state index contributed by atoms with van der Waals surface area (Å²) in [5.41, 5.74) is 0.200. The van der Waals surface area contributed by atoms with E-state index in [2.05, 4.69) is 29.0 Å². The molecule has 0 N–H and O–H groups in total. The molecule has 3 heterocycles. The monoisotopic (exact) mass is 330 g/mol. The third kappa shape index (κ3) is 2.17. The van der Waals surface area contributed by atoms with Gasteiger partial charge < -0.3 is 13.8 Å². The zero-order valence-electron chi connectivity index (χ0n) is 14.3. The highest BCUT2D eigenvalue weighted by Gasteiger charge is 2.55. The number of nitrogens with zero attached hydrogens (tertiary/aromatic N) is 4. The molecule has 24 heavy (non-hydrogen) atoms. The van der Waals surface area contributed by atoms with Gasteiger partial charge in [0.1, 0.15) is 5.76 Å². The highest BCUT2D eigenvalue weighted by atomic mass is 16.5. The zero-order chi connectivity index (χ0) is 16.9. The minimum atomic E-state index is -0.201. The first-order chi connectivity index (χ1) is 11.5. The van der Waals surface area contributed by atoms with Crippen molar-refractivity contribution in [2.24, 2.45) is 5.92 Å². The first kappa shape index (κ1) is 15.4. The number of carbonyl (C=O) groups excluding carboxylic acids is 1. The van der Waals surface area contributed by atoms with Crippen LogP contribution in [0.3, 0.4) is 0 Å². The molecular weight excluding hydrogens is 308 g/mol. The molecule has 0 bridgehead atoms. The van der Waals surface area contributed by atoms with Crippen LogP contribution in [-0.4, -0.2) is 39.0 Å². The lowest BCUT2D eigenvalue weighted by atomic mass is 9.80. The van der Waals surface area contributed by atoms with E-state index in [9.17, 15) is 4.79 Å². The molecular formula is C17H22N4O3. The Morgan fingerprint density at radius 2 is 2.29 bits per heavy atom. The van der Waals surface area contributed by atoms with Crippen molar-refractivity contribution >= 4 is 5.91 Å². The van der Waals surface area contributed by atoms with Crippen LogP contribution >= 0.6 is 0 Å². The molecule has 2 atom stereocenters. The molecule has 1 saturated heterocycles. The van der Waals surface area contributed by atoms with E-state index in [1.807, 2.05) is 4.90 Å². The number of oxazole rings is 1. The molecule has 0 unspecified atom stereocenters.